The van der Waals surface area contributed by atoms with E-state index in [1.165, 1.54) is 11.1 Å². The van der Waals surface area contributed by atoms with Gasteiger partial charge in [-0.15, -0.1) is 0 Å². The van der Waals surface area contributed by atoms with Crippen LogP contribution in [0.5, 0.6) is 5.75 Å². The van der Waals surface area contributed by atoms with Crippen LogP contribution >= 0.6 is 0 Å². The smallest absolute Gasteiger partial charge is 0.230 e. The number of nitrogens with zero attached hydrogens (tertiary/aromatic N) is 3. The van der Waals surface area contributed by atoms with E-state index in [4.69, 9.17) is 4.74 Å². The van der Waals surface area contributed by atoms with Crippen LogP contribution in [-0.2, 0) is 9.59 Å². The van der Waals surface area contributed by atoms with Crippen LogP contribution in [0.1, 0.15) is 102 Å². The zero-order chi connectivity index (χ0) is 31.2. The zero-order valence-corrected chi connectivity index (χ0v) is 27.2. The normalized spacial score (nSPS) is 22.0. The van der Waals surface area contributed by atoms with E-state index in [1.807, 2.05) is 17.8 Å². The highest BCUT2D eigenvalue weighted by molar-refractivity contribution is 5.95. The Morgan fingerprint density at radius 1 is 1.00 bits per heavy atom. The first-order valence-corrected chi connectivity index (χ1v) is 16.7. The molecule has 2 amide bonds. The van der Waals surface area contributed by atoms with Crippen LogP contribution in [0.4, 0.5) is 5.69 Å². The minimum atomic E-state index is -0.0178. The van der Waals surface area contributed by atoms with Crippen molar-refractivity contribution in [3.8, 4) is 16.9 Å². The predicted molar refractivity (Wildman–Crippen MR) is 177 cm³/mol. The molecule has 2 saturated carbocycles. The molecule has 1 aromatic heterocycles. The summed E-state index contributed by atoms with van der Waals surface area (Å²) in [5.41, 5.74) is 5.70. The number of hydrogen-bond acceptors (Lipinski definition) is 4. The minimum absolute atomic E-state index is 0.0178. The molecule has 0 atom stereocenters. The Labute approximate surface area is 263 Å². The maximum Gasteiger partial charge on any atom is 0.230 e. The molecule has 0 aliphatic heterocycles. The Kier molecular flexibility index (Phi) is 10.4. The summed E-state index contributed by atoms with van der Waals surface area (Å²) in [4.78, 5) is 28.3. The van der Waals surface area contributed by atoms with Gasteiger partial charge in [0.05, 0.1) is 13.3 Å². The van der Waals surface area contributed by atoms with Gasteiger partial charge in [0.25, 0.3) is 0 Å². The molecule has 5 rings (SSSR count). The first-order chi connectivity index (χ1) is 21.2. The molecule has 2 aliphatic rings. The lowest BCUT2D eigenvalue weighted by Crippen LogP contribution is -2.44. The molecule has 1 N–H and O–H groups in total. The van der Waals surface area contributed by atoms with E-state index < -0.39 is 0 Å². The molecule has 2 fully saturated rings. The zero-order valence-electron chi connectivity index (χ0n) is 27.2. The molecule has 0 bridgehead atoms. The van der Waals surface area contributed by atoms with Gasteiger partial charge in [0.15, 0.2) is 0 Å². The standard InChI is InChI=1S/C37H50N4O3/c1-6-36(42)39-33-17-14-29(15-18-33)37(43)40(34-9-7-8-30(21-34)32-22-38-41(24-32)25(2)3)23-27-10-12-28(13-11-27)31-16-19-35(44-5)26(4)20-31/h7-9,16,19-22,24-25,27-29,33H,6,10-15,17-18,23H2,1-5H3,(H,39,42)/t27-,28-,29-,33-. The van der Waals surface area contributed by atoms with Crippen molar-refractivity contribution in [3.63, 3.8) is 0 Å². The number of aryl methyl sites for hydroxylation is 1. The lowest BCUT2D eigenvalue weighted by Gasteiger charge is -2.36. The summed E-state index contributed by atoms with van der Waals surface area (Å²) in [5.74, 6) is 2.26. The molecular formula is C37H50N4O3. The fourth-order valence-electron chi connectivity index (χ4n) is 7.07. The van der Waals surface area contributed by atoms with Gasteiger partial charge >= 0.3 is 0 Å². The third kappa shape index (κ3) is 7.54. The van der Waals surface area contributed by atoms with E-state index in [-0.39, 0.29) is 23.8 Å². The Hall–Kier alpha value is -3.61. The Morgan fingerprint density at radius 2 is 1.75 bits per heavy atom. The Morgan fingerprint density at radius 3 is 2.39 bits per heavy atom. The van der Waals surface area contributed by atoms with Crippen molar-refractivity contribution in [1.82, 2.24) is 15.1 Å². The Bertz CT molecular complexity index is 1410. The van der Waals surface area contributed by atoms with Crippen molar-refractivity contribution in [2.75, 3.05) is 18.6 Å². The molecule has 2 aromatic carbocycles. The highest BCUT2D eigenvalue weighted by Crippen LogP contribution is 2.39. The quantitative estimate of drug-likeness (QED) is 0.258. The van der Waals surface area contributed by atoms with Gasteiger partial charge < -0.3 is 15.0 Å². The number of nitrogens with one attached hydrogen (secondary N) is 1. The second-order valence-corrected chi connectivity index (χ2v) is 13.2. The van der Waals surface area contributed by atoms with Gasteiger partial charge in [0, 0.05) is 48.4 Å². The Balaban J connectivity index is 1.32. The van der Waals surface area contributed by atoms with Crippen molar-refractivity contribution < 1.29 is 14.3 Å². The maximum atomic E-state index is 14.3. The summed E-state index contributed by atoms with van der Waals surface area (Å²) in [6, 6.07) is 15.5. The molecular weight excluding hydrogens is 548 g/mol. The number of aromatic nitrogens is 2. The summed E-state index contributed by atoms with van der Waals surface area (Å²) in [7, 11) is 1.73. The number of carbonyl (C=O) groups excluding carboxylic acids is 2. The number of amides is 2. The lowest BCUT2D eigenvalue weighted by molar-refractivity contribution is -0.124. The van der Waals surface area contributed by atoms with Crippen LogP contribution < -0.4 is 15.0 Å². The van der Waals surface area contributed by atoms with Crippen molar-refractivity contribution >= 4 is 17.5 Å². The van der Waals surface area contributed by atoms with Crippen molar-refractivity contribution in [2.45, 2.75) is 103 Å². The molecule has 0 spiro atoms. The molecule has 7 heteroatoms. The summed E-state index contributed by atoms with van der Waals surface area (Å²) in [6.07, 6.45) is 12.3. The summed E-state index contributed by atoms with van der Waals surface area (Å²) in [6.45, 7) is 9.00. The largest absolute Gasteiger partial charge is 0.496 e. The minimum Gasteiger partial charge on any atom is -0.496 e. The first-order valence-electron chi connectivity index (χ1n) is 16.7. The van der Waals surface area contributed by atoms with E-state index in [9.17, 15) is 9.59 Å². The highest BCUT2D eigenvalue weighted by Gasteiger charge is 2.33. The van der Waals surface area contributed by atoms with Crippen LogP contribution in [0.2, 0.25) is 0 Å². The lowest BCUT2D eigenvalue weighted by atomic mass is 9.78. The summed E-state index contributed by atoms with van der Waals surface area (Å²) < 4.78 is 7.45. The van der Waals surface area contributed by atoms with Gasteiger partial charge in [0.2, 0.25) is 11.8 Å². The van der Waals surface area contributed by atoms with Crippen molar-refractivity contribution in [1.29, 1.82) is 0 Å². The molecule has 236 valence electrons. The number of carbonyl (C=O) groups is 2. The van der Waals surface area contributed by atoms with Gasteiger partial charge in [-0.1, -0.05) is 31.2 Å². The third-order valence-electron chi connectivity index (χ3n) is 9.83. The van der Waals surface area contributed by atoms with Gasteiger partial charge in [-0.05, 0) is 119 Å². The molecule has 0 radical (unpaired) electrons. The van der Waals surface area contributed by atoms with Gasteiger partial charge in [-0.3, -0.25) is 14.3 Å². The number of anilines is 1. The topological polar surface area (TPSA) is 76.5 Å². The molecule has 1 heterocycles. The van der Waals surface area contributed by atoms with E-state index in [2.05, 4.69) is 84.7 Å². The monoisotopic (exact) mass is 598 g/mol. The van der Waals surface area contributed by atoms with Crippen LogP contribution in [-0.4, -0.2) is 41.3 Å². The van der Waals surface area contributed by atoms with E-state index >= 15 is 0 Å². The molecule has 2 aliphatic carbocycles. The second-order valence-electron chi connectivity index (χ2n) is 13.2. The maximum absolute atomic E-state index is 14.3. The fourth-order valence-corrected chi connectivity index (χ4v) is 7.07. The van der Waals surface area contributed by atoms with Crippen LogP contribution in [0.25, 0.3) is 11.1 Å². The number of hydrogen-bond donors (Lipinski definition) is 1. The number of benzene rings is 2. The second kappa shape index (κ2) is 14.4. The van der Waals surface area contributed by atoms with E-state index in [0.717, 1.165) is 80.5 Å². The van der Waals surface area contributed by atoms with Crippen molar-refractivity contribution in [3.05, 3.63) is 66.0 Å². The van der Waals surface area contributed by atoms with Crippen LogP contribution in [0.3, 0.4) is 0 Å². The number of ether oxygens (including phenoxy) is 1. The number of methoxy groups -OCH3 is 1. The molecule has 7 nitrogen and oxygen atoms in total. The first kappa shape index (κ1) is 31.8. The van der Waals surface area contributed by atoms with E-state index in [0.29, 0.717) is 24.3 Å². The van der Waals surface area contributed by atoms with Crippen LogP contribution in [0, 0.1) is 18.8 Å². The molecule has 44 heavy (non-hydrogen) atoms. The summed E-state index contributed by atoms with van der Waals surface area (Å²) in [5, 5.41) is 7.69. The number of rotatable bonds is 10. The van der Waals surface area contributed by atoms with Gasteiger partial charge in [-0.25, -0.2) is 0 Å². The summed E-state index contributed by atoms with van der Waals surface area (Å²) >= 11 is 0. The third-order valence-corrected chi connectivity index (χ3v) is 9.83. The van der Waals surface area contributed by atoms with Gasteiger partial charge in [0.1, 0.15) is 5.75 Å². The fraction of sp³-hybridized carbons (Fsp3) is 0.541. The van der Waals surface area contributed by atoms with Gasteiger partial charge in [-0.2, -0.15) is 5.10 Å². The average molecular weight is 599 g/mol. The van der Waals surface area contributed by atoms with Crippen molar-refractivity contribution in [2.24, 2.45) is 11.8 Å². The SMILES string of the molecule is CCC(=O)N[C@H]1CC[C@H](C(=O)N(C[C@H]2CC[C@H](c3ccc(OC)c(C)c3)CC2)c2cccc(-c3cnn(C(C)C)c3)c2)CC1. The molecule has 3 aromatic rings. The highest BCUT2D eigenvalue weighted by atomic mass is 16.5. The molecule has 0 saturated heterocycles. The van der Waals surface area contributed by atoms with Crippen LogP contribution in [0.15, 0.2) is 54.9 Å². The predicted octanol–water partition coefficient (Wildman–Crippen LogP) is 7.84. The molecule has 0 unspecified atom stereocenters. The average Bonchev–Trinajstić information content (AvgIpc) is 3.55. The van der Waals surface area contributed by atoms with E-state index in [1.54, 1.807) is 7.11 Å².